The van der Waals surface area contributed by atoms with Gasteiger partial charge in [0.25, 0.3) is 0 Å². The van der Waals surface area contributed by atoms with Gasteiger partial charge in [-0.1, -0.05) is 38.2 Å². The zero-order valence-corrected chi connectivity index (χ0v) is 20.8. The fourth-order valence-electron chi connectivity index (χ4n) is 6.81. The summed E-state index contributed by atoms with van der Waals surface area (Å²) in [5.74, 6) is -1.14. The molecular weight excluding hydrogens is 447 g/mol. The number of aromatic carboxylic acids is 1. The second-order valence-electron chi connectivity index (χ2n) is 11.1. The molecular formula is C28H39FN2O4. The maximum atomic E-state index is 14.3. The van der Waals surface area contributed by atoms with Crippen molar-refractivity contribution in [3.63, 3.8) is 0 Å². The Bertz CT molecular complexity index is 935. The van der Waals surface area contributed by atoms with Crippen LogP contribution in [-0.2, 0) is 16.0 Å². The monoisotopic (exact) mass is 486 g/mol. The van der Waals surface area contributed by atoms with Gasteiger partial charge in [0.2, 0.25) is 5.91 Å². The number of hydrogen-bond acceptors (Lipinski definition) is 4. The first-order valence-corrected chi connectivity index (χ1v) is 13.4. The molecule has 0 spiro atoms. The number of likely N-dealkylation sites (tertiary alicyclic amines) is 1. The lowest BCUT2D eigenvalue weighted by atomic mass is 9.75. The van der Waals surface area contributed by atoms with Crippen molar-refractivity contribution in [2.24, 2.45) is 29.4 Å². The normalized spacial score (nSPS) is 28.6. The van der Waals surface area contributed by atoms with Crippen molar-refractivity contribution in [1.82, 2.24) is 4.90 Å². The number of carbonyl (C=O) groups is 3. The standard InChI is InChI=1S/C28H39FN2O4/c1-17(30)19-8-10-21(11-9-19)27(33)31-14-13-22(20-5-3-2-4-6-20)26(31)25(32)16-18-7-12-23(28(34)35)24(29)15-18/h7,12,15,17,19-22,26H,2-6,8-11,13-14,16,30H2,1H3,(H,34,35)/t17?,19?,21?,22-,26-/m0/s1. The Morgan fingerprint density at radius 2 is 1.74 bits per heavy atom. The summed E-state index contributed by atoms with van der Waals surface area (Å²) in [6.45, 7) is 2.64. The van der Waals surface area contributed by atoms with Gasteiger partial charge in [-0.2, -0.15) is 0 Å². The van der Waals surface area contributed by atoms with Crippen LogP contribution in [0.2, 0.25) is 0 Å². The zero-order valence-electron chi connectivity index (χ0n) is 20.8. The van der Waals surface area contributed by atoms with Crippen LogP contribution in [0.4, 0.5) is 4.39 Å². The fourth-order valence-corrected chi connectivity index (χ4v) is 6.81. The van der Waals surface area contributed by atoms with Gasteiger partial charge in [-0.05, 0) is 74.5 Å². The molecule has 0 radical (unpaired) electrons. The van der Waals surface area contributed by atoms with Crippen LogP contribution in [0.1, 0.15) is 87.1 Å². The maximum Gasteiger partial charge on any atom is 0.338 e. The Labute approximate surface area is 207 Å². The summed E-state index contributed by atoms with van der Waals surface area (Å²) >= 11 is 0. The predicted octanol–water partition coefficient (Wildman–Crippen LogP) is 4.59. The van der Waals surface area contributed by atoms with Crippen molar-refractivity contribution in [3.8, 4) is 0 Å². The first-order chi connectivity index (χ1) is 16.8. The highest BCUT2D eigenvalue weighted by Gasteiger charge is 2.46. The summed E-state index contributed by atoms with van der Waals surface area (Å²) in [6, 6.07) is 3.53. The number of carbonyl (C=O) groups excluding carboxylic acids is 2. The van der Waals surface area contributed by atoms with E-state index >= 15 is 0 Å². The molecule has 3 N–H and O–H groups in total. The van der Waals surface area contributed by atoms with Crippen LogP contribution in [0.3, 0.4) is 0 Å². The van der Waals surface area contributed by atoms with E-state index < -0.39 is 23.4 Å². The number of halogens is 1. The molecule has 3 atom stereocenters. The van der Waals surface area contributed by atoms with Crippen molar-refractivity contribution >= 4 is 17.7 Å². The van der Waals surface area contributed by atoms with Crippen molar-refractivity contribution in [3.05, 3.63) is 35.1 Å². The number of carboxylic acid groups (broad SMARTS) is 1. The number of ketones is 1. The predicted molar refractivity (Wildman–Crippen MR) is 131 cm³/mol. The highest BCUT2D eigenvalue weighted by molar-refractivity contribution is 5.92. The molecule has 3 fully saturated rings. The van der Waals surface area contributed by atoms with Crippen LogP contribution in [0.25, 0.3) is 0 Å². The van der Waals surface area contributed by atoms with E-state index in [0.717, 1.165) is 51.0 Å². The van der Waals surface area contributed by atoms with Crippen molar-refractivity contribution in [1.29, 1.82) is 0 Å². The van der Waals surface area contributed by atoms with Gasteiger partial charge in [0.05, 0.1) is 11.6 Å². The average molecular weight is 487 g/mol. The molecule has 7 heteroatoms. The number of nitrogens with zero attached hydrogens (tertiary/aromatic N) is 1. The molecule has 0 aromatic heterocycles. The molecule has 2 aliphatic carbocycles. The molecule has 1 aromatic carbocycles. The Morgan fingerprint density at radius 1 is 1.06 bits per heavy atom. The summed E-state index contributed by atoms with van der Waals surface area (Å²) < 4.78 is 14.3. The van der Waals surface area contributed by atoms with E-state index in [0.29, 0.717) is 23.9 Å². The first-order valence-electron chi connectivity index (χ1n) is 13.4. The van der Waals surface area contributed by atoms with Crippen molar-refractivity contribution in [2.75, 3.05) is 6.54 Å². The van der Waals surface area contributed by atoms with Crippen LogP contribution in [0.5, 0.6) is 0 Å². The molecule has 1 unspecified atom stereocenters. The molecule has 1 heterocycles. The van der Waals surface area contributed by atoms with Gasteiger partial charge >= 0.3 is 5.97 Å². The smallest absolute Gasteiger partial charge is 0.338 e. The largest absolute Gasteiger partial charge is 0.478 e. The number of carboxylic acids is 1. The minimum atomic E-state index is -1.33. The highest BCUT2D eigenvalue weighted by Crippen LogP contribution is 2.41. The molecule has 192 valence electrons. The maximum absolute atomic E-state index is 14.3. The highest BCUT2D eigenvalue weighted by atomic mass is 19.1. The van der Waals surface area contributed by atoms with E-state index in [1.165, 1.54) is 31.4 Å². The molecule has 1 aromatic rings. The Hall–Kier alpha value is -2.28. The van der Waals surface area contributed by atoms with Crippen LogP contribution in [0, 0.1) is 29.5 Å². The molecule has 35 heavy (non-hydrogen) atoms. The molecule has 2 saturated carbocycles. The lowest BCUT2D eigenvalue weighted by Crippen LogP contribution is -2.48. The summed E-state index contributed by atoms with van der Waals surface area (Å²) in [4.78, 5) is 40.3. The molecule has 1 amide bonds. The van der Waals surface area contributed by atoms with Gasteiger partial charge in [-0.15, -0.1) is 0 Å². The summed E-state index contributed by atoms with van der Waals surface area (Å²) in [5, 5.41) is 9.10. The van der Waals surface area contributed by atoms with E-state index in [-0.39, 0.29) is 36.0 Å². The van der Waals surface area contributed by atoms with E-state index in [4.69, 9.17) is 10.8 Å². The number of Topliss-reactive ketones (excluding diaryl/α,β-unsaturated/α-hetero) is 1. The second kappa shape index (κ2) is 11.2. The second-order valence-corrected chi connectivity index (χ2v) is 11.1. The van der Waals surface area contributed by atoms with Gasteiger partial charge in [0.15, 0.2) is 5.78 Å². The quantitative estimate of drug-likeness (QED) is 0.587. The number of amides is 1. The minimum Gasteiger partial charge on any atom is -0.478 e. The van der Waals surface area contributed by atoms with Gasteiger partial charge in [0, 0.05) is 24.9 Å². The van der Waals surface area contributed by atoms with Crippen LogP contribution in [-0.4, -0.2) is 46.3 Å². The van der Waals surface area contributed by atoms with Gasteiger partial charge < -0.3 is 15.7 Å². The number of hydrogen-bond donors (Lipinski definition) is 2. The molecule has 3 aliphatic rings. The molecule has 1 saturated heterocycles. The van der Waals surface area contributed by atoms with E-state index in [2.05, 4.69) is 0 Å². The Kier molecular flexibility index (Phi) is 8.25. The minimum absolute atomic E-state index is 0.00587. The third-order valence-corrected chi connectivity index (χ3v) is 8.82. The van der Waals surface area contributed by atoms with Crippen LogP contribution < -0.4 is 5.73 Å². The molecule has 4 rings (SSSR count). The molecule has 0 bridgehead atoms. The molecule has 6 nitrogen and oxygen atoms in total. The van der Waals surface area contributed by atoms with Crippen molar-refractivity contribution in [2.45, 2.75) is 89.6 Å². The topological polar surface area (TPSA) is 101 Å². The Morgan fingerprint density at radius 3 is 2.34 bits per heavy atom. The third kappa shape index (κ3) is 5.76. The number of nitrogens with two attached hydrogens (primary N) is 1. The molecule has 1 aliphatic heterocycles. The Balaban J connectivity index is 1.52. The number of rotatable bonds is 7. The summed E-state index contributed by atoms with van der Waals surface area (Å²) in [7, 11) is 0. The summed E-state index contributed by atoms with van der Waals surface area (Å²) in [5.41, 5.74) is 6.14. The van der Waals surface area contributed by atoms with Gasteiger partial charge in [0.1, 0.15) is 5.82 Å². The summed E-state index contributed by atoms with van der Waals surface area (Å²) in [6.07, 6.45) is 10.1. The van der Waals surface area contributed by atoms with Gasteiger partial charge in [-0.3, -0.25) is 9.59 Å². The van der Waals surface area contributed by atoms with Gasteiger partial charge in [-0.25, -0.2) is 9.18 Å². The van der Waals surface area contributed by atoms with E-state index in [1.807, 2.05) is 11.8 Å². The first kappa shape index (κ1) is 25.8. The zero-order chi connectivity index (χ0) is 25.1. The lowest BCUT2D eigenvalue weighted by Gasteiger charge is -2.36. The van der Waals surface area contributed by atoms with Crippen molar-refractivity contribution < 1.29 is 23.9 Å². The SMILES string of the molecule is CC(N)C1CCC(C(=O)N2CC[C@@H](C3CCCCC3)[C@H]2C(=O)Cc2ccc(C(=O)O)c(F)c2)CC1. The van der Waals surface area contributed by atoms with E-state index in [9.17, 15) is 18.8 Å². The third-order valence-electron chi connectivity index (χ3n) is 8.82. The van der Waals surface area contributed by atoms with Crippen LogP contribution in [0.15, 0.2) is 18.2 Å². The lowest BCUT2D eigenvalue weighted by molar-refractivity contribution is -0.143. The number of benzene rings is 1. The average Bonchev–Trinajstić information content (AvgIpc) is 3.29. The fraction of sp³-hybridized carbons (Fsp3) is 0.679. The van der Waals surface area contributed by atoms with Crippen LogP contribution >= 0.6 is 0 Å². The van der Waals surface area contributed by atoms with E-state index in [1.54, 1.807) is 0 Å².